The van der Waals surface area contributed by atoms with E-state index in [1.807, 2.05) is 36.4 Å². The quantitative estimate of drug-likeness (QED) is 0.823. The van der Waals surface area contributed by atoms with E-state index >= 15 is 0 Å². The first-order valence-corrected chi connectivity index (χ1v) is 9.73. The summed E-state index contributed by atoms with van der Waals surface area (Å²) in [5.74, 6) is 1.81. The number of likely N-dealkylation sites (N-methyl/N-ethyl adjacent to an activating group) is 1. The van der Waals surface area contributed by atoms with Crippen LogP contribution in [0, 0.1) is 0 Å². The van der Waals surface area contributed by atoms with E-state index in [2.05, 4.69) is 39.9 Å². The average molecular weight is 351 g/mol. The molecule has 2 saturated heterocycles. The Kier molecular flexibility index (Phi) is 5.54. The van der Waals surface area contributed by atoms with Crippen LogP contribution >= 0.6 is 0 Å². The lowest BCUT2D eigenvalue weighted by Gasteiger charge is -2.36. The predicted molar refractivity (Wildman–Crippen MR) is 106 cm³/mol. The molecule has 4 rings (SSSR count). The lowest BCUT2D eigenvalue weighted by molar-refractivity contribution is 0.112. The molecule has 4 heteroatoms. The van der Waals surface area contributed by atoms with Crippen LogP contribution in [0.1, 0.15) is 12.0 Å². The first kappa shape index (κ1) is 17.5. The minimum absolute atomic E-state index is 0.729. The molecule has 0 aromatic heterocycles. The summed E-state index contributed by atoms with van der Waals surface area (Å²) in [5.41, 5.74) is 1.33. The Balaban J connectivity index is 1.32. The number of rotatable bonds is 5. The summed E-state index contributed by atoms with van der Waals surface area (Å²) in [7, 11) is 2.22. The van der Waals surface area contributed by atoms with Crippen LogP contribution in [0.2, 0.25) is 0 Å². The third kappa shape index (κ3) is 4.44. The number of ether oxygens (including phenoxy) is 1. The zero-order valence-corrected chi connectivity index (χ0v) is 15.7. The Bertz CT molecular complexity index is 698. The first-order valence-electron chi connectivity index (χ1n) is 9.73. The lowest BCUT2D eigenvalue weighted by atomic mass is 10.2. The van der Waals surface area contributed by atoms with Crippen LogP contribution in [0.3, 0.4) is 0 Å². The van der Waals surface area contributed by atoms with Crippen molar-refractivity contribution in [2.24, 2.45) is 0 Å². The van der Waals surface area contributed by atoms with Crippen LogP contribution in [0.15, 0.2) is 54.6 Å². The van der Waals surface area contributed by atoms with Crippen LogP contribution in [0.25, 0.3) is 0 Å². The molecule has 4 nitrogen and oxygen atoms in total. The maximum atomic E-state index is 5.98. The zero-order chi connectivity index (χ0) is 17.8. The number of benzene rings is 2. The fraction of sp³-hybridized carbons (Fsp3) is 0.455. The Hall–Kier alpha value is -1.88. The van der Waals surface area contributed by atoms with Gasteiger partial charge in [0.05, 0.1) is 0 Å². The van der Waals surface area contributed by atoms with Crippen molar-refractivity contribution in [2.75, 3.05) is 46.3 Å². The highest BCUT2D eigenvalue weighted by Crippen LogP contribution is 2.24. The Morgan fingerprint density at radius 1 is 0.885 bits per heavy atom. The Morgan fingerprint density at radius 3 is 2.46 bits per heavy atom. The van der Waals surface area contributed by atoms with Crippen molar-refractivity contribution in [2.45, 2.75) is 19.0 Å². The van der Waals surface area contributed by atoms with E-state index in [4.69, 9.17) is 4.74 Å². The molecule has 0 amide bonds. The van der Waals surface area contributed by atoms with E-state index in [-0.39, 0.29) is 0 Å². The van der Waals surface area contributed by atoms with Gasteiger partial charge in [-0.1, -0.05) is 30.3 Å². The van der Waals surface area contributed by atoms with E-state index in [0.29, 0.717) is 0 Å². The molecular weight excluding hydrogens is 322 g/mol. The van der Waals surface area contributed by atoms with Gasteiger partial charge in [0.15, 0.2) is 0 Å². The van der Waals surface area contributed by atoms with Gasteiger partial charge in [0, 0.05) is 51.9 Å². The molecule has 138 valence electrons. The molecule has 0 unspecified atom stereocenters. The predicted octanol–water partition coefficient (Wildman–Crippen LogP) is 3.30. The molecule has 2 aliphatic rings. The number of hydrogen-bond donors (Lipinski definition) is 0. The van der Waals surface area contributed by atoms with Crippen molar-refractivity contribution in [1.29, 1.82) is 0 Å². The van der Waals surface area contributed by atoms with Gasteiger partial charge in [0.2, 0.25) is 0 Å². The van der Waals surface area contributed by atoms with Crippen molar-refractivity contribution in [3.63, 3.8) is 0 Å². The third-order valence-electron chi connectivity index (χ3n) is 5.59. The van der Waals surface area contributed by atoms with Crippen LogP contribution in [0.4, 0.5) is 0 Å². The summed E-state index contributed by atoms with van der Waals surface area (Å²) >= 11 is 0. The summed E-state index contributed by atoms with van der Waals surface area (Å²) in [4.78, 5) is 7.71. The van der Waals surface area contributed by atoms with Crippen molar-refractivity contribution >= 4 is 0 Å². The van der Waals surface area contributed by atoms with E-state index in [9.17, 15) is 0 Å². The van der Waals surface area contributed by atoms with Gasteiger partial charge in [0.1, 0.15) is 11.5 Å². The zero-order valence-electron chi connectivity index (χ0n) is 15.7. The molecule has 0 aliphatic carbocycles. The second kappa shape index (κ2) is 8.21. The number of para-hydroxylation sites is 1. The van der Waals surface area contributed by atoms with Gasteiger partial charge in [-0.15, -0.1) is 0 Å². The molecule has 0 bridgehead atoms. The Morgan fingerprint density at radius 2 is 1.65 bits per heavy atom. The molecule has 0 radical (unpaired) electrons. The number of nitrogens with zero attached hydrogens (tertiary/aromatic N) is 3. The summed E-state index contributed by atoms with van der Waals surface area (Å²) in [5, 5.41) is 0. The highest BCUT2D eigenvalue weighted by atomic mass is 16.5. The van der Waals surface area contributed by atoms with Crippen LogP contribution in [-0.4, -0.2) is 67.1 Å². The molecule has 2 fully saturated rings. The monoisotopic (exact) mass is 351 g/mol. The molecule has 2 aromatic carbocycles. The summed E-state index contributed by atoms with van der Waals surface area (Å²) in [6.45, 7) is 8.24. The largest absolute Gasteiger partial charge is 0.457 e. The normalized spacial score (nSPS) is 22.6. The van der Waals surface area contributed by atoms with Crippen molar-refractivity contribution < 1.29 is 4.74 Å². The van der Waals surface area contributed by atoms with Gasteiger partial charge in [-0.2, -0.15) is 0 Å². The molecule has 0 spiro atoms. The molecular formula is C22H29N3O. The standard InChI is InChI=1S/C22H29N3O/c1-23-12-14-25(15-13-23)20-10-11-24(18-20)17-19-6-5-9-22(16-19)26-21-7-3-2-4-8-21/h2-9,16,20H,10-15,17-18H2,1H3/t20-/m1/s1. The molecule has 0 saturated carbocycles. The van der Waals surface area contributed by atoms with Crippen LogP contribution in [-0.2, 0) is 6.54 Å². The minimum atomic E-state index is 0.729. The smallest absolute Gasteiger partial charge is 0.127 e. The van der Waals surface area contributed by atoms with Gasteiger partial charge in [-0.3, -0.25) is 9.80 Å². The fourth-order valence-corrected chi connectivity index (χ4v) is 4.03. The number of piperazine rings is 1. The molecule has 0 N–H and O–H groups in total. The summed E-state index contributed by atoms with van der Waals surface area (Å²) in [6.07, 6.45) is 1.30. The second-order valence-electron chi connectivity index (χ2n) is 7.58. The SMILES string of the molecule is CN1CCN([C@@H]2CCN(Cc3cccc(Oc4ccccc4)c3)C2)CC1. The Labute approximate surface area is 157 Å². The second-order valence-corrected chi connectivity index (χ2v) is 7.58. The van der Waals surface area contributed by atoms with E-state index in [1.165, 1.54) is 51.3 Å². The third-order valence-corrected chi connectivity index (χ3v) is 5.59. The van der Waals surface area contributed by atoms with Crippen LogP contribution < -0.4 is 4.74 Å². The van der Waals surface area contributed by atoms with E-state index < -0.39 is 0 Å². The maximum Gasteiger partial charge on any atom is 0.127 e. The van der Waals surface area contributed by atoms with E-state index in [0.717, 1.165) is 24.1 Å². The highest BCUT2D eigenvalue weighted by molar-refractivity contribution is 5.33. The molecule has 2 aromatic rings. The lowest BCUT2D eigenvalue weighted by Crippen LogP contribution is -2.49. The average Bonchev–Trinajstić information content (AvgIpc) is 3.12. The molecule has 2 aliphatic heterocycles. The summed E-state index contributed by atoms with van der Waals surface area (Å²) < 4.78 is 5.98. The molecule has 2 heterocycles. The van der Waals surface area contributed by atoms with Crippen molar-refractivity contribution in [3.8, 4) is 11.5 Å². The van der Waals surface area contributed by atoms with Gasteiger partial charge < -0.3 is 9.64 Å². The first-order chi connectivity index (χ1) is 12.8. The molecule has 26 heavy (non-hydrogen) atoms. The highest BCUT2D eigenvalue weighted by Gasteiger charge is 2.29. The number of hydrogen-bond acceptors (Lipinski definition) is 4. The maximum absolute atomic E-state index is 5.98. The van der Waals surface area contributed by atoms with E-state index in [1.54, 1.807) is 0 Å². The fourth-order valence-electron chi connectivity index (χ4n) is 4.03. The van der Waals surface area contributed by atoms with Crippen LogP contribution in [0.5, 0.6) is 11.5 Å². The van der Waals surface area contributed by atoms with Gasteiger partial charge in [-0.05, 0) is 43.3 Å². The van der Waals surface area contributed by atoms with Gasteiger partial charge >= 0.3 is 0 Å². The number of likely N-dealkylation sites (tertiary alicyclic amines) is 1. The van der Waals surface area contributed by atoms with Gasteiger partial charge in [-0.25, -0.2) is 0 Å². The minimum Gasteiger partial charge on any atom is -0.457 e. The topological polar surface area (TPSA) is 19.0 Å². The van der Waals surface area contributed by atoms with Crippen molar-refractivity contribution in [1.82, 2.24) is 14.7 Å². The van der Waals surface area contributed by atoms with Gasteiger partial charge in [0.25, 0.3) is 0 Å². The summed E-state index contributed by atoms with van der Waals surface area (Å²) in [6, 6.07) is 19.2. The van der Waals surface area contributed by atoms with Crippen molar-refractivity contribution in [3.05, 3.63) is 60.2 Å². The molecule has 1 atom stereocenters.